The van der Waals surface area contributed by atoms with Gasteiger partial charge in [0.2, 0.25) is 0 Å². The van der Waals surface area contributed by atoms with Crippen LogP contribution in [-0.2, 0) is 0 Å². The van der Waals surface area contributed by atoms with Crippen molar-refractivity contribution in [2.45, 2.75) is 57.2 Å². The number of alkyl halides is 1. The first-order valence-electron chi connectivity index (χ1n) is 7.81. The molecule has 1 aliphatic carbocycles. The van der Waals surface area contributed by atoms with Gasteiger partial charge >= 0.3 is 0 Å². The van der Waals surface area contributed by atoms with Crippen molar-refractivity contribution in [2.75, 3.05) is 0 Å². The van der Waals surface area contributed by atoms with Crippen LogP contribution in [0.5, 0.6) is 0 Å². The number of unbranched alkanes of at least 4 members (excludes halogenated alkanes) is 1. The lowest BCUT2D eigenvalue weighted by Crippen LogP contribution is -2.19. The van der Waals surface area contributed by atoms with Crippen LogP contribution in [0.2, 0.25) is 0 Å². The molecule has 0 nitrogen and oxygen atoms in total. The van der Waals surface area contributed by atoms with Crippen molar-refractivity contribution in [1.29, 1.82) is 0 Å². The summed E-state index contributed by atoms with van der Waals surface area (Å²) in [4.78, 5) is 0. The standard InChI is InChI=1S/C17H22ClF3/c1-2-3-4-11-5-7-12(8-6-11)17(18)16-14(20)9-13(19)10-15(16)21/h9-12,17H,2-8H2,1H3. The van der Waals surface area contributed by atoms with Gasteiger partial charge in [-0.1, -0.05) is 39.0 Å². The first-order chi connectivity index (χ1) is 10.0. The van der Waals surface area contributed by atoms with E-state index in [9.17, 15) is 13.2 Å². The minimum Gasteiger partial charge on any atom is -0.207 e. The molecule has 0 amide bonds. The molecule has 1 atom stereocenters. The van der Waals surface area contributed by atoms with Gasteiger partial charge in [0.05, 0.1) is 5.38 Å². The maximum absolute atomic E-state index is 13.8. The Morgan fingerprint density at radius 2 is 1.67 bits per heavy atom. The SMILES string of the molecule is CCCCC1CCC(C(Cl)c2c(F)cc(F)cc2F)CC1. The molecule has 2 rings (SSSR count). The molecule has 4 heteroatoms. The van der Waals surface area contributed by atoms with Crippen LogP contribution < -0.4 is 0 Å². The summed E-state index contributed by atoms with van der Waals surface area (Å²) < 4.78 is 40.6. The fourth-order valence-electron chi connectivity index (χ4n) is 3.31. The third kappa shape index (κ3) is 4.15. The van der Waals surface area contributed by atoms with Crippen molar-refractivity contribution < 1.29 is 13.2 Å². The molecule has 0 N–H and O–H groups in total. The van der Waals surface area contributed by atoms with Gasteiger partial charge in [0, 0.05) is 17.7 Å². The van der Waals surface area contributed by atoms with E-state index < -0.39 is 22.8 Å². The zero-order valence-corrected chi connectivity index (χ0v) is 13.1. The maximum Gasteiger partial charge on any atom is 0.133 e. The summed E-state index contributed by atoms with van der Waals surface area (Å²) in [6, 6.07) is 1.42. The number of rotatable bonds is 5. The summed E-state index contributed by atoms with van der Waals surface area (Å²) in [5.41, 5.74) is -0.171. The summed E-state index contributed by atoms with van der Waals surface area (Å²) in [6.45, 7) is 2.18. The second-order valence-corrected chi connectivity index (χ2v) is 6.58. The molecule has 0 aliphatic heterocycles. The molecule has 1 saturated carbocycles. The fourth-order valence-corrected chi connectivity index (χ4v) is 3.78. The van der Waals surface area contributed by atoms with Gasteiger partial charge in [0.1, 0.15) is 17.5 Å². The Balaban J connectivity index is 2.00. The minimum atomic E-state index is -0.902. The van der Waals surface area contributed by atoms with Crippen LogP contribution in [-0.4, -0.2) is 0 Å². The zero-order chi connectivity index (χ0) is 15.4. The highest BCUT2D eigenvalue weighted by Crippen LogP contribution is 2.43. The Bertz CT molecular complexity index is 444. The van der Waals surface area contributed by atoms with Crippen LogP contribution in [0.25, 0.3) is 0 Å². The van der Waals surface area contributed by atoms with Gasteiger partial charge in [0.25, 0.3) is 0 Å². The molecule has 1 aromatic rings. The highest BCUT2D eigenvalue weighted by molar-refractivity contribution is 6.21. The second kappa shape index (κ2) is 7.53. The van der Waals surface area contributed by atoms with Gasteiger partial charge in [-0.3, -0.25) is 0 Å². The zero-order valence-electron chi connectivity index (χ0n) is 12.3. The van der Waals surface area contributed by atoms with Crippen molar-refractivity contribution >= 4 is 11.6 Å². The Labute approximate surface area is 129 Å². The molecule has 0 bridgehead atoms. The summed E-state index contributed by atoms with van der Waals surface area (Å²) in [6.07, 6.45) is 7.58. The van der Waals surface area contributed by atoms with Gasteiger partial charge in [-0.25, -0.2) is 13.2 Å². The lowest BCUT2D eigenvalue weighted by molar-refractivity contribution is 0.251. The topological polar surface area (TPSA) is 0 Å². The largest absolute Gasteiger partial charge is 0.207 e. The van der Waals surface area contributed by atoms with E-state index in [4.69, 9.17) is 11.6 Å². The highest BCUT2D eigenvalue weighted by Gasteiger charge is 2.30. The van der Waals surface area contributed by atoms with Gasteiger partial charge in [-0.2, -0.15) is 0 Å². The summed E-state index contributed by atoms with van der Waals surface area (Å²) in [5, 5.41) is -0.710. The van der Waals surface area contributed by atoms with Crippen LogP contribution >= 0.6 is 11.6 Å². The van der Waals surface area contributed by atoms with E-state index in [1.54, 1.807) is 0 Å². The molecule has 1 unspecified atom stereocenters. The van der Waals surface area contributed by atoms with Crippen LogP contribution in [0.4, 0.5) is 13.2 Å². The molecule has 1 fully saturated rings. The number of hydrogen-bond donors (Lipinski definition) is 0. The quantitative estimate of drug-likeness (QED) is 0.552. The van der Waals surface area contributed by atoms with Crippen molar-refractivity contribution in [2.24, 2.45) is 11.8 Å². The molecule has 0 radical (unpaired) electrons. The average molecular weight is 319 g/mol. The molecule has 0 saturated heterocycles. The van der Waals surface area contributed by atoms with Crippen molar-refractivity contribution in [3.63, 3.8) is 0 Å². The average Bonchev–Trinajstić information content (AvgIpc) is 2.44. The van der Waals surface area contributed by atoms with E-state index in [-0.39, 0.29) is 11.5 Å². The summed E-state index contributed by atoms with van der Waals surface area (Å²) in [5.74, 6) is -1.87. The molecule has 118 valence electrons. The molecular weight excluding hydrogens is 297 g/mol. The van der Waals surface area contributed by atoms with E-state index in [1.807, 2.05) is 0 Å². The third-order valence-electron chi connectivity index (χ3n) is 4.59. The van der Waals surface area contributed by atoms with Gasteiger partial charge < -0.3 is 0 Å². The predicted octanol–water partition coefficient (Wildman–Crippen LogP) is 6.38. The lowest BCUT2D eigenvalue weighted by Gasteiger charge is -2.31. The van der Waals surface area contributed by atoms with Crippen molar-refractivity contribution in [1.82, 2.24) is 0 Å². The molecule has 1 aliphatic rings. The third-order valence-corrected chi connectivity index (χ3v) is 5.17. The van der Waals surface area contributed by atoms with Gasteiger partial charge in [0.15, 0.2) is 0 Å². The van der Waals surface area contributed by atoms with Gasteiger partial charge in [-0.05, 0) is 24.7 Å². The second-order valence-electron chi connectivity index (χ2n) is 6.11. The van der Waals surface area contributed by atoms with Crippen molar-refractivity contribution in [3.8, 4) is 0 Å². The monoisotopic (exact) mass is 318 g/mol. The van der Waals surface area contributed by atoms with Crippen LogP contribution in [0.15, 0.2) is 12.1 Å². The maximum atomic E-state index is 13.8. The molecule has 0 heterocycles. The predicted molar refractivity (Wildman–Crippen MR) is 79.9 cm³/mol. The smallest absolute Gasteiger partial charge is 0.133 e. The number of benzene rings is 1. The highest BCUT2D eigenvalue weighted by atomic mass is 35.5. The lowest BCUT2D eigenvalue weighted by atomic mass is 9.77. The van der Waals surface area contributed by atoms with Crippen molar-refractivity contribution in [3.05, 3.63) is 35.1 Å². The Hall–Kier alpha value is -0.700. The van der Waals surface area contributed by atoms with E-state index in [1.165, 1.54) is 19.3 Å². The summed E-state index contributed by atoms with van der Waals surface area (Å²) in [7, 11) is 0. The molecular formula is C17H22ClF3. The fraction of sp³-hybridized carbons (Fsp3) is 0.647. The minimum absolute atomic E-state index is 0.0685. The van der Waals surface area contributed by atoms with Crippen LogP contribution in [0.1, 0.15) is 62.8 Å². The normalized spacial score (nSPS) is 24.0. The Morgan fingerprint density at radius 1 is 1.10 bits per heavy atom. The van der Waals surface area contributed by atoms with Crippen LogP contribution in [0, 0.1) is 29.3 Å². The molecule has 21 heavy (non-hydrogen) atoms. The van der Waals surface area contributed by atoms with Gasteiger partial charge in [-0.15, -0.1) is 11.6 Å². The number of hydrogen-bond acceptors (Lipinski definition) is 0. The molecule has 0 aromatic heterocycles. The summed E-state index contributed by atoms with van der Waals surface area (Å²) >= 11 is 6.30. The molecule has 0 spiro atoms. The van der Waals surface area contributed by atoms with E-state index >= 15 is 0 Å². The van der Waals surface area contributed by atoms with E-state index in [0.717, 1.165) is 25.7 Å². The molecule has 1 aromatic carbocycles. The van der Waals surface area contributed by atoms with Crippen LogP contribution in [0.3, 0.4) is 0 Å². The number of halogens is 4. The first kappa shape index (κ1) is 16.7. The Morgan fingerprint density at radius 3 is 2.19 bits per heavy atom. The first-order valence-corrected chi connectivity index (χ1v) is 8.25. The van der Waals surface area contributed by atoms with E-state index in [2.05, 4.69) is 6.92 Å². The Kier molecular flexibility index (Phi) is 5.98. The van der Waals surface area contributed by atoms with E-state index in [0.29, 0.717) is 18.1 Å².